The van der Waals surface area contributed by atoms with Crippen LogP contribution in [0.4, 0.5) is 4.79 Å². The van der Waals surface area contributed by atoms with Crippen molar-refractivity contribution in [3.63, 3.8) is 0 Å². The van der Waals surface area contributed by atoms with Crippen molar-refractivity contribution in [1.82, 2.24) is 4.90 Å². The van der Waals surface area contributed by atoms with Gasteiger partial charge in [0, 0.05) is 6.54 Å². The summed E-state index contributed by atoms with van der Waals surface area (Å²) in [5, 5.41) is 0. The first kappa shape index (κ1) is 10.8. The lowest BCUT2D eigenvalue weighted by atomic mass is 10.2. The molecule has 0 aromatic heterocycles. The summed E-state index contributed by atoms with van der Waals surface area (Å²) in [6.07, 6.45) is -0.875. The fraction of sp³-hybridized carbons (Fsp3) is 0.778. The highest BCUT2D eigenvalue weighted by Crippen LogP contribution is 2.19. The fourth-order valence-electron chi connectivity index (χ4n) is 1.53. The van der Waals surface area contributed by atoms with E-state index in [0.717, 1.165) is 0 Å². The Morgan fingerprint density at radius 2 is 2.21 bits per heavy atom. The van der Waals surface area contributed by atoms with Gasteiger partial charge in [-0.3, -0.25) is 4.90 Å². The van der Waals surface area contributed by atoms with Gasteiger partial charge in [0.15, 0.2) is 6.04 Å². The molecule has 1 rings (SSSR count). The fourth-order valence-corrected chi connectivity index (χ4v) is 1.53. The van der Waals surface area contributed by atoms with E-state index in [2.05, 4.69) is 0 Å². The molecule has 0 aliphatic carbocycles. The number of hydrogen-bond donors (Lipinski definition) is 0. The first-order chi connectivity index (χ1) is 6.61. The van der Waals surface area contributed by atoms with Gasteiger partial charge in [0.2, 0.25) is 0 Å². The molecular formula is C9H15NO4. The van der Waals surface area contributed by atoms with E-state index >= 15 is 0 Å². The third kappa shape index (κ3) is 1.81. The standard InChI is InChI=1S/C9H15NO4/c1-4-10-7(8(11)13-5-2)6(3)14-9(10)12/h6-7H,4-5H2,1-3H3/t6-,7+/m1/s1. The number of cyclic esters (lactones) is 1. The number of ether oxygens (including phenoxy) is 2. The molecule has 0 radical (unpaired) electrons. The Labute approximate surface area is 83.0 Å². The molecule has 1 heterocycles. The molecule has 5 nitrogen and oxygen atoms in total. The van der Waals surface area contributed by atoms with Crippen molar-refractivity contribution >= 4 is 12.1 Å². The minimum Gasteiger partial charge on any atom is -0.464 e. The third-order valence-electron chi connectivity index (χ3n) is 2.17. The molecular weight excluding hydrogens is 186 g/mol. The Morgan fingerprint density at radius 3 is 2.71 bits per heavy atom. The highest BCUT2D eigenvalue weighted by Gasteiger charge is 2.43. The smallest absolute Gasteiger partial charge is 0.410 e. The van der Waals surface area contributed by atoms with Crippen molar-refractivity contribution in [1.29, 1.82) is 0 Å². The predicted octanol–water partition coefficient (Wildman–Crippen LogP) is 0.779. The number of carbonyl (C=O) groups is 2. The average Bonchev–Trinajstić information content (AvgIpc) is 2.40. The molecule has 0 aromatic rings. The highest BCUT2D eigenvalue weighted by atomic mass is 16.6. The second kappa shape index (κ2) is 4.30. The average molecular weight is 201 g/mol. The predicted molar refractivity (Wildman–Crippen MR) is 48.7 cm³/mol. The number of carbonyl (C=O) groups excluding carboxylic acids is 2. The Hall–Kier alpha value is -1.26. The largest absolute Gasteiger partial charge is 0.464 e. The zero-order chi connectivity index (χ0) is 10.7. The van der Waals surface area contributed by atoms with Gasteiger partial charge in [-0.15, -0.1) is 0 Å². The van der Waals surface area contributed by atoms with Crippen LogP contribution in [-0.4, -0.2) is 42.3 Å². The normalized spacial score (nSPS) is 26.2. The lowest BCUT2D eigenvalue weighted by Gasteiger charge is -2.19. The summed E-state index contributed by atoms with van der Waals surface area (Å²) in [5.74, 6) is -0.396. The van der Waals surface area contributed by atoms with Crippen LogP contribution >= 0.6 is 0 Å². The van der Waals surface area contributed by atoms with Crippen LogP contribution in [0.5, 0.6) is 0 Å². The van der Waals surface area contributed by atoms with E-state index in [0.29, 0.717) is 13.2 Å². The maximum atomic E-state index is 11.5. The molecule has 1 amide bonds. The zero-order valence-corrected chi connectivity index (χ0v) is 8.65. The van der Waals surface area contributed by atoms with Crippen molar-refractivity contribution in [2.45, 2.75) is 32.9 Å². The number of amides is 1. The van der Waals surface area contributed by atoms with E-state index < -0.39 is 24.2 Å². The molecule has 1 aliphatic heterocycles. The van der Waals surface area contributed by atoms with Crippen LogP contribution in [0.3, 0.4) is 0 Å². The van der Waals surface area contributed by atoms with Gasteiger partial charge in [-0.25, -0.2) is 9.59 Å². The SMILES string of the molecule is CCOC(=O)[C@@H]1[C@@H](C)OC(=O)N1CC. The summed E-state index contributed by atoms with van der Waals surface area (Å²) in [6.45, 7) is 5.98. The summed E-state index contributed by atoms with van der Waals surface area (Å²) in [4.78, 5) is 24.1. The van der Waals surface area contributed by atoms with Crippen molar-refractivity contribution < 1.29 is 19.1 Å². The molecule has 0 saturated carbocycles. The molecule has 5 heteroatoms. The van der Waals surface area contributed by atoms with Crippen LogP contribution in [0.2, 0.25) is 0 Å². The molecule has 80 valence electrons. The van der Waals surface area contributed by atoms with Crippen LogP contribution in [0.25, 0.3) is 0 Å². The van der Waals surface area contributed by atoms with Gasteiger partial charge in [-0.05, 0) is 20.8 Å². The molecule has 0 bridgehead atoms. The molecule has 0 spiro atoms. The van der Waals surface area contributed by atoms with Gasteiger partial charge >= 0.3 is 12.1 Å². The molecule has 0 aromatic carbocycles. The zero-order valence-electron chi connectivity index (χ0n) is 8.65. The summed E-state index contributed by atoms with van der Waals surface area (Å²) >= 11 is 0. The molecule has 1 saturated heterocycles. The van der Waals surface area contributed by atoms with Gasteiger partial charge < -0.3 is 9.47 Å². The molecule has 14 heavy (non-hydrogen) atoms. The Kier molecular flexibility index (Phi) is 3.33. The van der Waals surface area contributed by atoms with Crippen molar-refractivity contribution in [2.75, 3.05) is 13.2 Å². The van der Waals surface area contributed by atoms with Gasteiger partial charge in [0.25, 0.3) is 0 Å². The van der Waals surface area contributed by atoms with Crippen molar-refractivity contribution in [2.24, 2.45) is 0 Å². The maximum absolute atomic E-state index is 11.5. The minimum atomic E-state index is -0.590. The minimum absolute atomic E-state index is 0.313. The number of likely N-dealkylation sites (N-methyl/N-ethyl adjacent to an activating group) is 1. The second-order valence-corrected chi connectivity index (χ2v) is 3.07. The summed E-state index contributed by atoms with van der Waals surface area (Å²) < 4.78 is 9.79. The van der Waals surface area contributed by atoms with Gasteiger partial charge in [-0.1, -0.05) is 0 Å². The van der Waals surface area contributed by atoms with Crippen LogP contribution in [-0.2, 0) is 14.3 Å². The van der Waals surface area contributed by atoms with Crippen LogP contribution in [0, 0.1) is 0 Å². The molecule has 2 atom stereocenters. The van der Waals surface area contributed by atoms with Crippen molar-refractivity contribution in [3.05, 3.63) is 0 Å². The monoisotopic (exact) mass is 201 g/mol. The lowest BCUT2D eigenvalue weighted by Crippen LogP contribution is -2.43. The van der Waals surface area contributed by atoms with E-state index in [1.54, 1.807) is 20.8 Å². The maximum Gasteiger partial charge on any atom is 0.410 e. The van der Waals surface area contributed by atoms with Crippen LogP contribution in [0.15, 0.2) is 0 Å². The summed E-state index contributed by atoms with van der Waals surface area (Å²) in [6, 6.07) is -0.590. The lowest BCUT2D eigenvalue weighted by molar-refractivity contribution is -0.148. The number of rotatable bonds is 3. The Morgan fingerprint density at radius 1 is 1.57 bits per heavy atom. The molecule has 0 N–H and O–H groups in total. The van der Waals surface area contributed by atoms with Crippen molar-refractivity contribution in [3.8, 4) is 0 Å². The second-order valence-electron chi connectivity index (χ2n) is 3.07. The van der Waals surface area contributed by atoms with Crippen LogP contribution in [0.1, 0.15) is 20.8 Å². The summed E-state index contributed by atoms with van der Waals surface area (Å²) in [7, 11) is 0. The topological polar surface area (TPSA) is 55.8 Å². The molecule has 0 unspecified atom stereocenters. The van der Waals surface area contributed by atoms with E-state index in [4.69, 9.17) is 9.47 Å². The van der Waals surface area contributed by atoms with E-state index in [-0.39, 0.29) is 0 Å². The number of esters is 1. The van der Waals surface area contributed by atoms with Gasteiger partial charge in [0.1, 0.15) is 6.10 Å². The Bertz CT molecular complexity index is 241. The van der Waals surface area contributed by atoms with Gasteiger partial charge in [0.05, 0.1) is 6.61 Å². The third-order valence-corrected chi connectivity index (χ3v) is 2.17. The number of nitrogens with zero attached hydrogens (tertiary/aromatic N) is 1. The first-order valence-electron chi connectivity index (χ1n) is 4.75. The van der Waals surface area contributed by atoms with Gasteiger partial charge in [-0.2, -0.15) is 0 Å². The van der Waals surface area contributed by atoms with E-state index in [1.165, 1.54) is 4.90 Å². The molecule has 1 aliphatic rings. The van der Waals surface area contributed by atoms with Crippen LogP contribution < -0.4 is 0 Å². The Balaban J connectivity index is 2.74. The van der Waals surface area contributed by atoms with E-state index in [1.807, 2.05) is 0 Å². The highest BCUT2D eigenvalue weighted by molar-refractivity contribution is 5.84. The number of hydrogen-bond acceptors (Lipinski definition) is 4. The first-order valence-corrected chi connectivity index (χ1v) is 4.75. The molecule has 1 fully saturated rings. The summed E-state index contributed by atoms with van der Waals surface area (Å²) in [5.41, 5.74) is 0. The van der Waals surface area contributed by atoms with E-state index in [9.17, 15) is 9.59 Å². The quantitative estimate of drug-likeness (QED) is 0.633.